The SMILES string of the molecule is CN(C)C(=O)[C@@H]1CC[C@@]2(S(=O)(=O)c3ccc(F)cc3)c3ccc(C(C)(F)C(F)(F)F)cc3CC[C@@H]12. The van der Waals surface area contributed by atoms with Crippen LogP contribution in [-0.4, -0.2) is 39.5 Å². The topological polar surface area (TPSA) is 54.5 Å². The molecule has 1 saturated carbocycles. The number of fused-ring (bicyclic) bond motifs is 3. The van der Waals surface area contributed by atoms with Crippen LogP contribution in [0.1, 0.15) is 42.9 Å². The molecule has 4 atom stereocenters. The van der Waals surface area contributed by atoms with Crippen molar-refractivity contribution in [2.24, 2.45) is 11.8 Å². The van der Waals surface area contributed by atoms with Crippen molar-refractivity contribution in [3.63, 3.8) is 0 Å². The summed E-state index contributed by atoms with van der Waals surface area (Å²) < 4.78 is 95.0. The Morgan fingerprint density at radius 1 is 1.03 bits per heavy atom. The van der Waals surface area contributed by atoms with E-state index in [1.54, 1.807) is 14.1 Å². The minimum Gasteiger partial charge on any atom is -0.349 e. The molecule has 35 heavy (non-hydrogen) atoms. The van der Waals surface area contributed by atoms with Crippen LogP contribution in [0.4, 0.5) is 22.0 Å². The number of benzene rings is 2. The lowest BCUT2D eigenvalue weighted by Gasteiger charge is -2.42. The molecule has 2 aliphatic carbocycles. The molecule has 1 unspecified atom stereocenters. The maximum absolute atomic E-state index is 14.7. The molecule has 0 aliphatic heterocycles. The summed E-state index contributed by atoms with van der Waals surface area (Å²) in [4.78, 5) is 14.2. The van der Waals surface area contributed by atoms with Gasteiger partial charge in [0.2, 0.25) is 11.6 Å². The van der Waals surface area contributed by atoms with Crippen LogP contribution in [-0.2, 0) is 31.5 Å². The fraction of sp³-hybridized carbons (Fsp3) is 0.480. The number of aryl methyl sites for hydroxylation is 1. The van der Waals surface area contributed by atoms with E-state index in [9.17, 15) is 35.2 Å². The molecule has 2 aromatic rings. The van der Waals surface area contributed by atoms with Crippen LogP contribution < -0.4 is 0 Å². The molecule has 0 radical (unpaired) electrons. The van der Waals surface area contributed by atoms with Gasteiger partial charge in [-0.1, -0.05) is 18.2 Å². The fourth-order valence-corrected chi connectivity index (χ4v) is 8.23. The molecule has 0 heterocycles. The number of alkyl halides is 4. The van der Waals surface area contributed by atoms with Gasteiger partial charge in [-0.05, 0) is 79.5 Å². The Morgan fingerprint density at radius 2 is 1.66 bits per heavy atom. The average Bonchev–Trinajstić information content (AvgIpc) is 3.19. The summed E-state index contributed by atoms with van der Waals surface area (Å²) in [5.74, 6) is -2.08. The van der Waals surface area contributed by atoms with E-state index in [1.807, 2.05) is 0 Å². The number of hydrogen-bond acceptors (Lipinski definition) is 3. The number of carbonyl (C=O) groups is 1. The Labute approximate surface area is 201 Å². The first kappa shape index (κ1) is 25.6. The van der Waals surface area contributed by atoms with Gasteiger partial charge in [0, 0.05) is 20.0 Å². The molecular formula is C25H26F5NO3S. The molecule has 0 spiro atoms. The van der Waals surface area contributed by atoms with Crippen molar-refractivity contribution in [3.8, 4) is 0 Å². The van der Waals surface area contributed by atoms with Crippen LogP contribution in [0.25, 0.3) is 0 Å². The van der Waals surface area contributed by atoms with E-state index in [1.165, 1.54) is 11.0 Å². The van der Waals surface area contributed by atoms with Gasteiger partial charge in [-0.15, -0.1) is 0 Å². The summed E-state index contributed by atoms with van der Waals surface area (Å²) in [5.41, 5.74) is -3.61. The van der Waals surface area contributed by atoms with E-state index in [0.717, 1.165) is 36.4 Å². The van der Waals surface area contributed by atoms with Gasteiger partial charge >= 0.3 is 6.18 Å². The second kappa shape index (κ2) is 8.28. The predicted molar refractivity (Wildman–Crippen MR) is 119 cm³/mol. The Kier molecular flexibility index (Phi) is 6.06. The normalized spacial score (nSPS) is 25.9. The van der Waals surface area contributed by atoms with Gasteiger partial charge in [-0.2, -0.15) is 13.2 Å². The molecule has 190 valence electrons. The summed E-state index contributed by atoms with van der Waals surface area (Å²) >= 11 is 0. The third-order valence-electron chi connectivity index (χ3n) is 7.63. The van der Waals surface area contributed by atoms with E-state index < -0.39 is 49.6 Å². The lowest BCUT2D eigenvalue weighted by atomic mass is 9.72. The number of rotatable bonds is 4. The van der Waals surface area contributed by atoms with Gasteiger partial charge < -0.3 is 4.90 Å². The highest BCUT2D eigenvalue weighted by molar-refractivity contribution is 7.92. The summed E-state index contributed by atoms with van der Waals surface area (Å²) in [6.45, 7) is 0.437. The Balaban J connectivity index is 1.93. The van der Waals surface area contributed by atoms with Crippen molar-refractivity contribution in [3.05, 3.63) is 65.0 Å². The molecule has 10 heteroatoms. The van der Waals surface area contributed by atoms with Gasteiger partial charge in [0.1, 0.15) is 10.6 Å². The van der Waals surface area contributed by atoms with Crippen molar-refractivity contribution in [1.82, 2.24) is 4.90 Å². The fourth-order valence-electron chi connectivity index (χ4n) is 5.76. The van der Waals surface area contributed by atoms with Crippen molar-refractivity contribution in [1.29, 1.82) is 0 Å². The van der Waals surface area contributed by atoms with Gasteiger partial charge in [-0.25, -0.2) is 17.2 Å². The molecule has 1 amide bonds. The first-order chi connectivity index (χ1) is 16.1. The van der Waals surface area contributed by atoms with E-state index in [-0.39, 0.29) is 42.0 Å². The molecule has 4 rings (SSSR count). The van der Waals surface area contributed by atoms with Crippen LogP contribution in [0.15, 0.2) is 47.4 Å². The first-order valence-electron chi connectivity index (χ1n) is 11.3. The first-order valence-corrected chi connectivity index (χ1v) is 12.7. The standard InChI is InChI=1S/C25H26F5NO3S/c1-23(27,25(28,29)30)16-5-11-20-15(14-16)4-10-21-19(22(32)31(2)3)12-13-24(20,21)35(33,34)18-8-6-17(26)7-9-18/h5-9,11,14,19,21H,4,10,12-13H2,1-3H3/t19-,21+,23?,24-/m1/s1. The van der Waals surface area contributed by atoms with Crippen LogP contribution in [0.5, 0.6) is 0 Å². The zero-order valence-electron chi connectivity index (χ0n) is 19.5. The van der Waals surface area contributed by atoms with Gasteiger partial charge in [0.15, 0.2) is 9.84 Å². The Bertz CT molecular complexity index is 1250. The van der Waals surface area contributed by atoms with E-state index in [2.05, 4.69) is 0 Å². The average molecular weight is 516 g/mol. The maximum atomic E-state index is 14.7. The zero-order valence-corrected chi connectivity index (χ0v) is 20.3. The largest absolute Gasteiger partial charge is 0.426 e. The number of carbonyl (C=O) groups excluding carboxylic acids is 1. The highest BCUT2D eigenvalue weighted by atomic mass is 32.2. The molecule has 0 bridgehead atoms. The predicted octanol–water partition coefficient (Wildman–Crippen LogP) is 5.30. The highest BCUT2D eigenvalue weighted by Crippen LogP contribution is 2.59. The van der Waals surface area contributed by atoms with Crippen molar-refractivity contribution >= 4 is 15.7 Å². The summed E-state index contributed by atoms with van der Waals surface area (Å²) in [6, 6.07) is 7.72. The highest BCUT2D eigenvalue weighted by Gasteiger charge is 2.62. The smallest absolute Gasteiger partial charge is 0.349 e. The number of nitrogens with zero attached hydrogens (tertiary/aromatic N) is 1. The maximum Gasteiger partial charge on any atom is 0.426 e. The minimum absolute atomic E-state index is 0.0696. The second-order valence-corrected chi connectivity index (χ2v) is 11.9. The number of sulfone groups is 1. The van der Waals surface area contributed by atoms with Crippen LogP contribution >= 0.6 is 0 Å². The molecule has 0 saturated heterocycles. The van der Waals surface area contributed by atoms with E-state index in [4.69, 9.17) is 0 Å². The summed E-state index contributed by atoms with van der Waals surface area (Å²) in [5, 5.41) is 0. The van der Waals surface area contributed by atoms with Crippen LogP contribution in [0.3, 0.4) is 0 Å². The molecular weight excluding hydrogens is 489 g/mol. The molecule has 1 fully saturated rings. The van der Waals surface area contributed by atoms with Gasteiger partial charge in [0.05, 0.1) is 4.90 Å². The third-order valence-corrected chi connectivity index (χ3v) is 10.2. The molecule has 2 aliphatic rings. The van der Waals surface area contributed by atoms with Gasteiger partial charge in [-0.3, -0.25) is 4.79 Å². The van der Waals surface area contributed by atoms with E-state index >= 15 is 0 Å². The number of amides is 1. The van der Waals surface area contributed by atoms with Crippen molar-refractivity contribution < 1.29 is 35.2 Å². The van der Waals surface area contributed by atoms with E-state index in [0.29, 0.717) is 12.5 Å². The molecule has 4 nitrogen and oxygen atoms in total. The van der Waals surface area contributed by atoms with Crippen molar-refractivity contribution in [2.45, 2.75) is 54.1 Å². The molecule has 0 aromatic heterocycles. The Hall–Kier alpha value is -2.49. The summed E-state index contributed by atoms with van der Waals surface area (Å²) in [7, 11) is -1.05. The zero-order chi connectivity index (χ0) is 26.0. The monoisotopic (exact) mass is 515 g/mol. The second-order valence-electron chi connectivity index (χ2n) is 9.74. The minimum atomic E-state index is -5.15. The summed E-state index contributed by atoms with van der Waals surface area (Å²) in [6.07, 6.45) is -4.37. The van der Waals surface area contributed by atoms with Crippen LogP contribution in [0.2, 0.25) is 0 Å². The lowest BCUT2D eigenvalue weighted by molar-refractivity contribution is -0.228. The number of hydrogen-bond donors (Lipinski definition) is 0. The Morgan fingerprint density at radius 3 is 2.23 bits per heavy atom. The lowest BCUT2D eigenvalue weighted by Crippen LogP contribution is -2.47. The van der Waals surface area contributed by atoms with Crippen LogP contribution in [0, 0.1) is 17.7 Å². The molecule has 2 aromatic carbocycles. The third kappa shape index (κ3) is 3.75. The van der Waals surface area contributed by atoms with Crippen molar-refractivity contribution in [2.75, 3.05) is 14.1 Å². The van der Waals surface area contributed by atoms with Gasteiger partial charge in [0.25, 0.3) is 0 Å². The number of halogens is 5. The molecule has 0 N–H and O–H groups in total. The quantitative estimate of drug-likeness (QED) is 0.410.